The Kier molecular flexibility index (Phi) is 5.11. The summed E-state index contributed by atoms with van der Waals surface area (Å²) < 4.78 is 0. The maximum absolute atomic E-state index is 11.8. The van der Waals surface area contributed by atoms with E-state index in [0.717, 1.165) is 6.42 Å². The Balaban J connectivity index is 2.78. The lowest BCUT2D eigenvalue weighted by molar-refractivity contribution is -0.118. The lowest BCUT2D eigenvalue weighted by Gasteiger charge is -2.17. The summed E-state index contributed by atoms with van der Waals surface area (Å²) >= 11 is 11.5. The Morgan fingerprint density at radius 1 is 1.53 bits per heavy atom. The fourth-order valence-corrected chi connectivity index (χ4v) is 1.43. The maximum Gasteiger partial charge on any atom is 0.242 e. The first-order valence-electron chi connectivity index (χ1n) is 5.19. The van der Waals surface area contributed by atoms with Gasteiger partial charge in [0.15, 0.2) is 11.0 Å². The van der Waals surface area contributed by atoms with Gasteiger partial charge in [-0.25, -0.2) is 9.97 Å². The number of anilines is 1. The minimum atomic E-state index is -0.607. The molecule has 1 rings (SSSR count). The van der Waals surface area contributed by atoms with Crippen LogP contribution in [-0.2, 0) is 4.79 Å². The molecule has 0 aromatic carbocycles. The zero-order valence-electron chi connectivity index (χ0n) is 9.58. The Labute approximate surface area is 110 Å². The number of nitrogens with two attached hydrogens (primary N) is 1. The van der Waals surface area contributed by atoms with Crippen LogP contribution in [0.2, 0.25) is 10.2 Å². The molecule has 0 unspecified atom stereocenters. The van der Waals surface area contributed by atoms with Crippen molar-refractivity contribution in [3.63, 3.8) is 0 Å². The van der Waals surface area contributed by atoms with Crippen molar-refractivity contribution in [1.82, 2.24) is 9.97 Å². The predicted octanol–water partition coefficient (Wildman–Crippen LogP) is 2.10. The highest BCUT2D eigenvalue weighted by molar-refractivity contribution is 6.42. The second-order valence-corrected chi connectivity index (χ2v) is 4.46. The summed E-state index contributed by atoms with van der Waals surface area (Å²) in [6.45, 7) is 3.87. The molecule has 7 heteroatoms. The van der Waals surface area contributed by atoms with Crippen molar-refractivity contribution < 1.29 is 4.79 Å². The Morgan fingerprint density at radius 2 is 2.18 bits per heavy atom. The zero-order valence-corrected chi connectivity index (χ0v) is 11.1. The van der Waals surface area contributed by atoms with E-state index >= 15 is 0 Å². The van der Waals surface area contributed by atoms with Gasteiger partial charge in [0.1, 0.15) is 11.3 Å². The second kappa shape index (κ2) is 6.14. The molecule has 0 aliphatic rings. The van der Waals surface area contributed by atoms with Gasteiger partial charge in [0.05, 0.1) is 6.04 Å². The van der Waals surface area contributed by atoms with E-state index in [1.165, 1.54) is 6.33 Å². The number of nitrogens with one attached hydrogen (secondary N) is 1. The molecule has 0 aliphatic carbocycles. The summed E-state index contributed by atoms with van der Waals surface area (Å²) in [5.74, 6) is -0.0856. The number of nitrogens with zero attached hydrogens (tertiary/aromatic N) is 2. The highest BCUT2D eigenvalue weighted by Crippen LogP contribution is 2.25. The quantitative estimate of drug-likeness (QED) is 0.826. The minimum absolute atomic E-state index is 0.0751. The van der Waals surface area contributed by atoms with Crippen LogP contribution < -0.4 is 11.1 Å². The lowest BCUT2D eigenvalue weighted by atomic mass is 9.99. The second-order valence-electron chi connectivity index (χ2n) is 3.73. The van der Waals surface area contributed by atoms with Gasteiger partial charge in [-0.1, -0.05) is 43.5 Å². The summed E-state index contributed by atoms with van der Waals surface area (Å²) in [4.78, 5) is 19.3. The standard InChI is InChI=1S/C10H14Cl2N4O/c1-3-5(2)7(13)10(17)16-9-6(11)8(12)14-4-15-9/h4-5,7H,3,13H2,1-2H3,(H,14,15,16,17)/t5-,7-/m0/s1. The molecule has 17 heavy (non-hydrogen) atoms. The summed E-state index contributed by atoms with van der Waals surface area (Å²) in [6, 6.07) is -0.607. The molecule has 0 aliphatic heterocycles. The van der Waals surface area contributed by atoms with Crippen LogP contribution in [0.3, 0.4) is 0 Å². The van der Waals surface area contributed by atoms with E-state index in [1.807, 2.05) is 13.8 Å². The van der Waals surface area contributed by atoms with Gasteiger partial charge in [0.2, 0.25) is 5.91 Å². The van der Waals surface area contributed by atoms with Crippen LogP contribution in [0.5, 0.6) is 0 Å². The molecule has 1 aromatic heterocycles. The maximum atomic E-state index is 11.8. The molecule has 0 fully saturated rings. The number of rotatable bonds is 4. The molecule has 1 amide bonds. The third-order valence-corrected chi connectivity index (χ3v) is 3.29. The Hall–Kier alpha value is -0.910. The normalized spacial score (nSPS) is 14.2. The van der Waals surface area contributed by atoms with Crippen molar-refractivity contribution in [3.8, 4) is 0 Å². The highest BCUT2D eigenvalue weighted by atomic mass is 35.5. The van der Waals surface area contributed by atoms with Crippen molar-refractivity contribution in [1.29, 1.82) is 0 Å². The van der Waals surface area contributed by atoms with Crippen LogP contribution in [0.25, 0.3) is 0 Å². The molecule has 5 nitrogen and oxygen atoms in total. The van der Waals surface area contributed by atoms with Gasteiger partial charge in [0, 0.05) is 0 Å². The number of hydrogen-bond acceptors (Lipinski definition) is 4. The molecule has 0 saturated carbocycles. The summed E-state index contributed by atoms with van der Waals surface area (Å²) in [5, 5.41) is 2.74. The number of carbonyl (C=O) groups is 1. The summed E-state index contributed by atoms with van der Waals surface area (Å²) in [7, 11) is 0. The monoisotopic (exact) mass is 276 g/mol. The molecule has 1 heterocycles. The first kappa shape index (κ1) is 14.2. The average molecular weight is 277 g/mol. The number of aromatic nitrogens is 2. The van der Waals surface area contributed by atoms with Crippen molar-refractivity contribution in [2.24, 2.45) is 11.7 Å². The molecule has 0 bridgehead atoms. The molecule has 1 aromatic rings. The van der Waals surface area contributed by atoms with Crippen molar-refractivity contribution >= 4 is 34.9 Å². The number of carbonyl (C=O) groups excluding carboxylic acids is 1. The van der Waals surface area contributed by atoms with E-state index in [9.17, 15) is 4.79 Å². The SMILES string of the molecule is CC[C@H](C)[C@H](N)C(=O)Nc1ncnc(Cl)c1Cl. The van der Waals surface area contributed by atoms with Gasteiger partial charge < -0.3 is 11.1 Å². The predicted molar refractivity (Wildman–Crippen MR) is 68.1 cm³/mol. The molecule has 2 atom stereocenters. The Morgan fingerprint density at radius 3 is 2.76 bits per heavy atom. The van der Waals surface area contributed by atoms with Gasteiger partial charge in [-0.3, -0.25) is 4.79 Å². The van der Waals surface area contributed by atoms with Gasteiger partial charge in [-0.05, 0) is 5.92 Å². The smallest absolute Gasteiger partial charge is 0.242 e. The molecular weight excluding hydrogens is 263 g/mol. The highest BCUT2D eigenvalue weighted by Gasteiger charge is 2.21. The first-order valence-corrected chi connectivity index (χ1v) is 5.95. The molecule has 94 valence electrons. The molecule has 0 spiro atoms. The third kappa shape index (κ3) is 3.52. The number of amides is 1. The minimum Gasteiger partial charge on any atom is -0.320 e. The van der Waals surface area contributed by atoms with Crippen LogP contribution in [0.15, 0.2) is 6.33 Å². The van der Waals surface area contributed by atoms with E-state index in [-0.39, 0.29) is 27.8 Å². The molecule has 0 saturated heterocycles. The molecular formula is C10H14Cl2N4O. The molecule has 3 N–H and O–H groups in total. The fraction of sp³-hybridized carbons (Fsp3) is 0.500. The van der Waals surface area contributed by atoms with Crippen LogP contribution in [0.4, 0.5) is 5.82 Å². The number of halogens is 2. The molecule has 0 radical (unpaired) electrons. The zero-order chi connectivity index (χ0) is 13.0. The van der Waals surface area contributed by atoms with E-state index in [4.69, 9.17) is 28.9 Å². The number of hydrogen-bond donors (Lipinski definition) is 2. The summed E-state index contributed by atoms with van der Waals surface area (Å²) in [5.41, 5.74) is 5.78. The van der Waals surface area contributed by atoms with Crippen LogP contribution >= 0.6 is 23.2 Å². The Bertz CT molecular complexity index is 413. The van der Waals surface area contributed by atoms with E-state index in [2.05, 4.69) is 15.3 Å². The van der Waals surface area contributed by atoms with Crippen molar-refractivity contribution in [2.75, 3.05) is 5.32 Å². The fourth-order valence-electron chi connectivity index (χ4n) is 1.15. The average Bonchev–Trinajstić information content (AvgIpc) is 2.32. The third-order valence-electron chi connectivity index (χ3n) is 2.55. The van der Waals surface area contributed by atoms with Crippen molar-refractivity contribution in [3.05, 3.63) is 16.5 Å². The van der Waals surface area contributed by atoms with Crippen LogP contribution in [0, 0.1) is 5.92 Å². The van der Waals surface area contributed by atoms with Gasteiger partial charge >= 0.3 is 0 Å². The first-order chi connectivity index (χ1) is 7.97. The van der Waals surface area contributed by atoms with E-state index in [0.29, 0.717) is 0 Å². The van der Waals surface area contributed by atoms with E-state index in [1.54, 1.807) is 0 Å². The van der Waals surface area contributed by atoms with Crippen LogP contribution in [0.1, 0.15) is 20.3 Å². The van der Waals surface area contributed by atoms with Gasteiger partial charge in [0.25, 0.3) is 0 Å². The topological polar surface area (TPSA) is 80.9 Å². The largest absolute Gasteiger partial charge is 0.320 e. The summed E-state index contributed by atoms with van der Waals surface area (Å²) in [6.07, 6.45) is 2.03. The van der Waals surface area contributed by atoms with E-state index < -0.39 is 6.04 Å². The lowest BCUT2D eigenvalue weighted by Crippen LogP contribution is -2.40. The van der Waals surface area contributed by atoms with Crippen molar-refractivity contribution in [2.45, 2.75) is 26.3 Å². The van der Waals surface area contributed by atoms with Crippen LogP contribution in [-0.4, -0.2) is 21.9 Å². The van der Waals surface area contributed by atoms with Gasteiger partial charge in [-0.15, -0.1) is 0 Å². The van der Waals surface area contributed by atoms with Gasteiger partial charge in [-0.2, -0.15) is 0 Å².